The van der Waals surface area contributed by atoms with Crippen molar-refractivity contribution >= 4 is 22.8 Å². The molecule has 0 aromatic carbocycles. The number of rotatable bonds is 6. The van der Waals surface area contributed by atoms with Gasteiger partial charge in [-0.05, 0) is 12.8 Å². The minimum absolute atomic E-state index is 0.294. The van der Waals surface area contributed by atoms with Crippen LogP contribution in [0.2, 0.25) is 0 Å². The van der Waals surface area contributed by atoms with Gasteiger partial charge in [-0.3, -0.25) is 4.21 Å². The second-order valence-corrected chi connectivity index (χ2v) is 6.27. The van der Waals surface area contributed by atoms with Crippen molar-refractivity contribution in [2.45, 2.75) is 38.1 Å². The van der Waals surface area contributed by atoms with Gasteiger partial charge in [0.25, 0.3) is 0 Å². The summed E-state index contributed by atoms with van der Waals surface area (Å²) in [7, 11) is -0.925. The molecule has 0 bridgehead atoms. The number of hydrogen-bond donors (Lipinski definition) is 3. The molecule has 1 aliphatic rings. The summed E-state index contributed by atoms with van der Waals surface area (Å²) >= 11 is 0. The molecule has 0 saturated heterocycles. The van der Waals surface area contributed by atoms with Crippen LogP contribution in [-0.4, -0.2) is 44.9 Å². The predicted molar refractivity (Wildman–Crippen MR) is 68.9 cm³/mol. The Hall–Kier alpha value is -1.11. The van der Waals surface area contributed by atoms with Crippen LogP contribution < -0.4 is 10.6 Å². The smallest absolute Gasteiger partial charge is 0.329 e. The van der Waals surface area contributed by atoms with Crippen LogP contribution in [0.5, 0.6) is 0 Å². The molecular weight excluding hydrogens is 256 g/mol. The lowest BCUT2D eigenvalue weighted by Crippen LogP contribution is -2.55. The van der Waals surface area contributed by atoms with Gasteiger partial charge in [-0.2, -0.15) is 0 Å². The first-order chi connectivity index (χ1) is 8.50. The molecule has 0 aliphatic heterocycles. The molecule has 0 spiro atoms. The summed E-state index contributed by atoms with van der Waals surface area (Å²) in [5, 5.41) is 14.3. The van der Waals surface area contributed by atoms with Crippen LogP contribution in [0.25, 0.3) is 0 Å². The highest BCUT2D eigenvalue weighted by Gasteiger charge is 2.42. The maximum absolute atomic E-state index is 11.6. The Morgan fingerprint density at radius 1 is 1.33 bits per heavy atom. The molecule has 1 atom stereocenters. The fourth-order valence-electron chi connectivity index (χ4n) is 2.06. The minimum atomic E-state index is -1.12. The second kappa shape index (κ2) is 6.72. The van der Waals surface area contributed by atoms with Crippen molar-refractivity contribution in [2.24, 2.45) is 0 Å². The number of carboxylic acid groups (broad SMARTS) is 1. The number of hydrogen-bond acceptors (Lipinski definition) is 3. The molecule has 104 valence electrons. The van der Waals surface area contributed by atoms with E-state index in [4.69, 9.17) is 0 Å². The van der Waals surface area contributed by atoms with E-state index < -0.39 is 28.3 Å². The van der Waals surface area contributed by atoms with Gasteiger partial charge in [0.05, 0.1) is 0 Å². The standard InChI is InChI=1S/C11H20N2O4S/c1-2-18(17)8-7-12-10(16)13-11(9(14)15)5-3-4-6-11/h2-8H2,1H3,(H,14,15)(H2,12,13,16). The van der Waals surface area contributed by atoms with Crippen LogP contribution in [0.1, 0.15) is 32.6 Å². The third kappa shape index (κ3) is 3.97. The van der Waals surface area contributed by atoms with E-state index in [2.05, 4.69) is 10.6 Å². The van der Waals surface area contributed by atoms with Crippen molar-refractivity contribution in [1.29, 1.82) is 0 Å². The molecule has 1 unspecified atom stereocenters. The van der Waals surface area contributed by atoms with Crippen molar-refractivity contribution in [2.75, 3.05) is 18.1 Å². The summed E-state index contributed by atoms with van der Waals surface area (Å²) < 4.78 is 11.2. The zero-order valence-electron chi connectivity index (χ0n) is 10.5. The number of amides is 2. The van der Waals surface area contributed by atoms with Crippen LogP contribution in [0.15, 0.2) is 0 Å². The molecule has 18 heavy (non-hydrogen) atoms. The number of carbonyl (C=O) groups is 2. The maximum atomic E-state index is 11.6. The van der Waals surface area contributed by atoms with E-state index >= 15 is 0 Å². The monoisotopic (exact) mass is 276 g/mol. The normalized spacial score (nSPS) is 19.2. The zero-order chi connectivity index (χ0) is 13.6. The highest BCUT2D eigenvalue weighted by Crippen LogP contribution is 2.29. The molecule has 0 radical (unpaired) electrons. The lowest BCUT2D eigenvalue weighted by Gasteiger charge is -2.25. The number of aliphatic carboxylic acids is 1. The van der Waals surface area contributed by atoms with Crippen LogP contribution in [-0.2, 0) is 15.6 Å². The summed E-state index contributed by atoms with van der Waals surface area (Å²) in [6, 6.07) is -0.493. The molecule has 0 aromatic rings. The molecule has 7 heteroatoms. The van der Waals surface area contributed by atoms with Crippen LogP contribution in [0.4, 0.5) is 4.79 Å². The molecule has 0 heterocycles. The Labute approximate surface area is 109 Å². The van der Waals surface area contributed by atoms with E-state index in [9.17, 15) is 18.9 Å². The number of urea groups is 1. The van der Waals surface area contributed by atoms with Gasteiger partial charge >= 0.3 is 12.0 Å². The Bertz CT molecular complexity index is 340. The van der Waals surface area contributed by atoms with Crippen molar-refractivity contribution in [3.05, 3.63) is 0 Å². The topological polar surface area (TPSA) is 95.5 Å². The Kier molecular flexibility index (Phi) is 5.58. The molecule has 2 amide bonds. The maximum Gasteiger partial charge on any atom is 0.329 e. The number of carbonyl (C=O) groups excluding carboxylic acids is 1. The van der Waals surface area contributed by atoms with Gasteiger partial charge in [0.2, 0.25) is 0 Å². The predicted octanol–water partition coefficient (Wildman–Crippen LogP) is 0.452. The molecule has 0 aromatic heterocycles. The quantitative estimate of drug-likeness (QED) is 0.656. The number of carboxylic acids is 1. The third-order valence-electron chi connectivity index (χ3n) is 3.16. The van der Waals surface area contributed by atoms with E-state index in [1.54, 1.807) is 0 Å². The zero-order valence-corrected chi connectivity index (χ0v) is 11.3. The fraction of sp³-hybridized carbons (Fsp3) is 0.818. The summed E-state index contributed by atoms with van der Waals surface area (Å²) in [4.78, 5) is 22.8. The van der Waals surface area contributed by atoms with Crippen molar-refractivity contribution < 1.29 is 18.9 Å². The van der Waals surface area contributed by atoms with Gasteiger partial charge in [0.15, 0.2) is 0 Å². The van der Waals surface area contributed by atoms with Gasteiger partial charge in [-0.1, -0.05) is 19.8 Å². The lowest BCUT2D eigenvalue weighted by molar-refractivity contribution is -0.144. The third-order valence-corrected chi connectivity index (χ3v) is 4.46. The Balaban J connectivity index is 2.38. The molecule has 6 nitrogen and oxygen atoms in total. The summed E-state index contributed by atoms with van der Waals surface area (Å²) in [6.07, 6.45) is 2.56. The van der Waals surface area contributed by atoms with Crippen LogP contribution in [0, 0.1) is 0 Å². The fourth-order valence-corrected chi connectivity index (χ4v) is 2.67. The van der Waals surface area contributed by atoms with Gasteiger partial charge in [0.1, 0.15) is 5.54 Å². The van der Waals surface area contributed by atoms with Gasteiger partial charge < -0.3 is 15.7 Å². The first-order valence-corrected chi connectivity index (χ1v) is 7.63. The van der Waals surface area contributed by atoms with E-state index in [1.165, 1.54) is 0 Å². The SMILES string of the molecule is CCS(=O)CCNC(=O)NC1(C(=O)O)CCCC1. The van der Waals surface area contributed by atoms with E-state index in [-0.39, 0.29) is 0 Å². The molecule has 1 saturated carbocycles. The van der Waals surface area contributed by atoms with Crippen LogP contribution >= 0.6 is 0 Å². The molecule has 1 aliphatic carbocycles. The second-order valence-electron chi connectivity index (χ2n) is 4.41. The molecule has 1 fully saturated rings. The van der Waals surface area contributed by atoms with Gasteiger partial charge in [-0.15, -0.1) is 0 Å². The highest BCUT2D eigenvalue weighted by atomic mass is 32.2. The van der Waals surface area contributed by atoms with Crippen molar-refractivity contribution in [3.63, 3.8) is 0 Å². The van der Waals surface area contributed by atoms with Gasteiger partial charge in [0, 0.05) is 28.9 Å². The summed E-state index contributed by atoms with van der Waals surface area (Å²) in [6.45, 7) is 2.11. The largest absolute Gasteiger partial charge is 0.480 e. The van der Waals surface area contributed by atoms with E-state index in [0.29, 0.717) is 30.9 Å². The first-order valence-electron chi connectivity index (χ1n) is 6.14. The van der Waals surface area contributed by atoms with E-state index in [0.717, 1.165) is 12.8 Å². The van der Waals surface area contributed by atoms with Crippen molar-refractivity contribution in [1.82, 2.24) is 10.6 Å². The van der Waals surface area contributed by atoms with Crippen molar-refractivity contribution in [3.8, 4) is 0 Å². The minimum Gasteiger partial charge on any atom is -0.480 e. The molecule has 1 rings (SSSR count). The highest BCUT2D eigenvalue weighted by molar-refractivity contribution is 7.84. The van der Waals surface area contributed by atoms with E-state index in [1.807, 2.05) is 6.92 Å². The average molecular weight is 276 g/mol. The van der Waals surface area contributed by atoms with Gasteiger partial charge in [-0.25, -0.2) is 9.59 Å². The average Bonchev–Trinajstić information content (AvgIpc) is 2.78. The van der Waals surface area contributed by atoms with Crippen LogP contribution in [0.3, 0.4) is 0 Å². The molecule has 3 N–H and O–H groups in total. The Morgan fingerprint density at radius 3 is 2.44 bits per heavy atom. The molecular formula is C11H20N2O4S. The lowest BCUT2D eigenvalue weighted by atomic mass is 9.98. The summed E-state index contributed by atoms with van der Waals surface area (Å²) in [5.74, 6) is -0.0286. The summed E-state index contributed by atoms with van der Waals surface area (Å²) in [5.41, 5.74) is -1.12. The number of nitrogens with one attached hydrogen (secondary N) is 2. The first kappa shape index (κ1) is 14.9. The Morgan fingerprint density at radius 2 is 1.94 bits per heavy atom.